The summed E-state index contributed by atoms with van der Waals surface area (Å²) in [5, 5.41) is 19.2. The first-order valence-corrected chi connectivity index (χ1v) is 12.5. The van der Waals surface area contributed by atoms with Crippen LogP contribution in [-0.4, -0.2) is 50.0 Å². The number of anilines is 2. The highest BCUT2D eigenvalue weighted by Crippen LogP contribution is 2.47. The number of aromatic nitrogens is 5. The minimum atomic E-state index is -0.699. The summed E-state index contributed by atoms with van der Waals surface area (Å²) in [6, 6.07) is 10.4. The Morgan fingerprint density at radius 2 is 1.95 bits per heavy atom. The molecule has 0 aliphatic heterocycles. The fourth-order valence-corrected chi connectivity index (χ4v) is 4.49. The summed E-state index contributed by atoms with van der Waals surface area (Å²) in [7, 11) is 3.17. The van der Waals surface area contributed by atoms with Gasteiger partial charge in [-0.1, -0.05) is 32.4 Å². The van der Waals surface area contributed by atoms with Crippen LogP contribution in [0.4, 0.5) is 11.6 Å². The molecule has 2 heterocycles. The van der Waals surface area contributed by atoms with Crippen molar-refractivity contribution < 1.29 is 14.3 Å². The zero-order chi connectivity index (χ0) is 26.1. The summed E-state index contributed by atoms with van der Waals surface area (Å²) in [4.78, 5) is 29.6. The molecule has 0 radical (unpaired) electrons. The van der Waals surface area contributed by atoms with Crippen molar-refractivity contribution in [1.29, 1.82) is 0 Å². The van der Waals surface area contributed by atoms with Gasteiger partial charge in [0.25, 0.3) is 5.91 Å². The van der Waals surface area contributed by atoms with E-state index in [9.17, 15) is 9.59 Å². The summed E-state index contributed by atoms with van der Waals surface area (Å²) in [5.74, 6) is 0.857. The lowest BCUT2D eigenvalue weighted by Gasteiger charge is -2.21. The fourth-order valence-electron chi connectivity index (χ4n) is 4.49. The Bertz CT molecular complexity index is 1440. The highest BCUT2D eigenvalue weighted by molar-refractivity contribution is 5.97. The van der Waals surface area contributed by atoms with Crippen molar-refractivity contribution in [2.24, 2.45) is 13.0 Å². The average molecular weight is 502 g/mol. The van der Waals surface area contributed by atoms with Crippen LogP contribution in [-0.2, 0) is 16.6 Å². The third-order valence-corrected chi connectivity index (χ3v) is 7.02. The number of carbonyl (C=O) groups is 2. The molecule has 10 heteroatoms. The number of rotatable bonds is 9. The molecule has 2 aromatic carbocycles. The minimum Gasteiger partial charge on any atom is -0.467 e. The SMILES string of the molecule is CC[C@@H](C)C(NC(=O)c1ccc(-c2nc(Nc3ccc4[nH]ncc4c3C3CC3)n(C)n2)cc1)C(=O)OC. The van der Waals surface area contributed by atoms with Gasteiger partial charge < -0.3 is 15.4 Å². The van der Waals surface area contributed by atoms with Gasteiger partial charge >= 0.3 is 5.97 Å². The quantitative estimate of drug-likeness (QED) is 0.292. The van der Waals surface area contributed by atoms with Crippen LogP contribution in [0.5, 0.6) is 0 Å². The van der Waals surface area contributed by atoms with Crippen LogP contribution < -0.4 is 10.6 Å². The van der Waals surface area contributed by atoms with Gasteiger partial charge in [0, 0.05) is 29.2 Å². The number of methoxy groups -OCH3 is 1. The van der Waals surface area contributed by atoms with Gasteiger partial charge in [-0.05, 0) is 54.5 Å². The van der Waals surface area contributed by atoms with Crippen LogP contribution >= 0.6 is 0 Å². The third kappa shape index (κ3) is 4.91. The van der Waals surface area contributed by atoms with Gasteiger partial charge in [-0.2, -0.15) is 10.1 Å². The summed E-state index contributed by atoms with van der Waals surface area (Å²) in [6.45, 7) is 3.87. The Kier molecular flexibility index (Phi) is 6.64. The van der Waals surface area contributed by atoms with E-state index in [4.69, 9.17) is 9.72 Å². The zero-order valence-electron chi connectivity index (χ0n) is 21.4. The van der Waals surface area contributed by atoms with E-state index in [0.717, 1.165) is 28.6 Å². The second kappa shape index (κ2) is 10.0. The Balaban J connectivity index is 1.34. The molecule has 192 valence electrons. The number of carbonyl (C=O) groups excluding carboxylic acids is 2. The average Bonchev–Trinajstić information content (AvgIpc) is 3.53. The maximum absolute atomic E-state index is 12.8. The molecule has 2 atom stereocenters. The number of nitrogens with one attached hydrogen (secondary N) is 3. The number of esters is 1. The molecule has 5 rings (SSSR count). The van der Waals surface area contributed by atoms with E-state index in [0.29, 0.717) is 23.3 Å². The maximum atomic E-state index is 12.8. The number of amides is 1. The van der Waals surface area contributed by atoms with E-state index in [1.165, 1.54) is 25.5 Å². The van der Waals surface area contributed by atoms with E-state index in [1.54, 1.807) is 28.9 Å². The lowest BCUT2D eigenvalue weighted by atomic mass is 9.98. The summed E-state index contributed by atoms with van der Waals surface area (Å²) >= 11 is 0. The largest absolute Gasteiger partial charge is 0.467 e. The topological polar surface area (TPSA) is 127 Å². The molecule has 1 aliphatic carbocycles. The molecule has 0 spiro atoms. The molecule has 3 N–H and O–H groups in total. The second-order valence-corrected chi connectivity index (χ2v) is 9.58. The fraction of sp³-hybridized carbons (Fsp3) is 0.370. The molecule has 0 bridgehead atoms. The molecular formula is C27H31N7O3. The smallest absolute Gasteiger partial charge is 0.328 e. The first-order valence-electron chi connectivity index (χ1n) is 12.5. The van der Waals surface area contributed by atoms with Crippen LogP contribution in [0.1, 0.15) is 54.9 Å². The number of fused-ring (bicyclic) bond motifs is 1. The van der Waals surface area contributed by atoms with Gasteiger partial charge in [0.1, 0.15) is 6.04 Å². The number of aryl methyl sites for hydroxylation is 1. The number of ether oxygens (including phenoxy) is 1. The lowest BCUT2D eigenvalue weighted by molar-refractivity contribution is -0.144. The van der Waals surface area contributed by atoms with Crippen LogP contribution in [0.3, 0.4) is 0 Å². The van der Waals surface area contributed by atoms with E-state index in [1.807, 2.05) is 33.2 Å². The minimum absolute atomic E-state index is 0.0473. The molecule has 1 fully saturated rings. The van der Waals surface area contributed by atoms with Gasteiger partial charge in [0.05, 0.1) is 18.8 Å². The highest BCUT2D eigenvalue weighted by atomic mass is 16.5. The Hall–Kier alpha value is -4.21. The number of aromatic amines is 1. The molecule has 0 saturated heterocycles. The predicted molar refractivity (Wildman–Crippen MR) is 141 cm³/mol. The standard InChI is InChI=1S/C27H31N7O3/c1-5-15(2)23(26(36)37-4)30-25(35)18-10-8-17(9-11-18)24-31-27(34(3)33-24)29-21-13-12-20-19(14-28-32-20)22(21)16-6-7-16/h8-16,23H,5-7H2,1-4H3,(H,28,32)(H,30,35)(H,29,31,33)/t15-,23?/m1/s1. The van der Waals surface area contributed by atoms with Gasteiger partial charge in [-0.3, -0.25) is 9.89 Å². The van der Waals surface area contributed by atoms with E-state index in [2.05, 4.69) is 32.0 Å². The number of hydrogen-bond acceptors (Lipinski definition) is 7. The van der Waals surface area contributed by atoms with Crippen LogP contribution in [0, 0.1) is 5.92 Å². The van der Waals surface area contributed by atoms with Crippen molar-refractivity contribution in [3.05, 3.63) is 53.7 Å². The third-order valence-electron chi connectivity index (χ3n) is 7.02. The van der Waals surface area contributed by atoms with E-state index in [-0.39, 0.29) is 11.8 Å². The molecule has 1 unspecified atom stereocenters. The molecule has 4 aromatic rings. The normalized spacial score (nSPS) is 14.8. The van der Waals surface area contributed by atoms with Gasteiger partial charge in [0.2, 0.25) is 5.95 Å². The lowest BCUT2D eigenvalue weighted by Crippen LogP contribution is -2.45. The van der Waals surface area contributed by atoms with Crippen molar-refractivity contribution >= 4 is 34.4 Å². The van der Waals surface area contributed by atoms with Crippen LogP contribution in [0.25, 0.3) is 22.3 Å². The summed E-state index contributed by atoms with van der Waals surface area (Å²) in [5.41, 5.74) is 4.51. The molecule has 37 heavy (non-hydrogen) atoms. The molecule has 10 nitrogen and oxygen atoms in total. The van der Waals surface area contributed by atoms with Gasteiger partial charge in [-0.25, -0.2) is 9.48 Å². The van der Waals surface area contributed by atoms with Crippen LogP contribution in [0.15, 0.2) is 42.6 Å². The van der Waals surface area contributed by atoms with E-state index >= 15 is 0 Å². The highest BCUT2D eigenvalue weighted by Gasteiger charge is 2.29. The summed E-state index contributed by atoms with van der Waals surface area (Å²) < 4.78 is 6.57. The predicted octanol–water partition coefficient (Wildman–Crippen LogP) is 4.30. The molecule has 1 amide bonds. The number of benzene rings is 2. The second-order valence-electron chi connectivity index (χ2n) is 9.58. The van der Waals surface area contributed by atoms with Gasteiger partial charge in [-0.15, -0.1) is 5.10 Å². The monoisotopic (exact) mass is 501 g/mol. The van der Waals surface area contributed by atoms with Crippen molar-refractivity contribution in [3.63, 3.8) is 0 Å². The number of nitrogens with zero attached hydrogens (tertiary/aromatic N) is 4. The van der Waals surface area contributed by atoms with Crippen molar-refractivity contribution in [3.8, 4) is 11.4 Å². The first kappa shape index (κ1) is 24.5. The Labute approximate surface area is 214 Å². The van der Waals surface area contributed by atoms with Crippen molar-refractivity contribution in [2.75, 3.05) is 12.4 Å². The van der Waals surface area contributed by atoms with Crippen molar-refractivity contribution in [1.82, 2.24) is 30.3 Å². The molecule has 1 saturated carbocycles. The van der Waals surface area contributed by atoms with Gasteiger partial charge in [0.15, 0.2) is 5.82 Å². The number of hydrogen-bond donors (Lipinski definition) is 3. The number of H-pyrrole nitrogens is 1. The molecular weight excluding hydrogens is 470 g/mol. The van der Waals surface area contributed by atoms with Crippen LogP contribution in [0.2, 0.25) is 0 Å². The zero-order valence-corrected chi connectivity index (χ0v) is 21.4. The first-order chi connectivity index (χ1) is 17.9. The van der Waals surface area contributed by atoms with E-state index < -0.39 is 12.0 Å². The maximum Gasteiger partial charge on any atom is 0.328 e. The summed E-state index contributed by atoms with van der Waals surface area (Å²) in [6.07, 6.45) is 4.95. The molecule has 2 aromatic heterocycles. The Morgan fingerprint density at radius 1 is 1.19 bits per heavy atom. The Morgan fingerprint density at radius 3 is 2.62 bits per heavy atom. The van der Waals surface area contributed by atoms with Crippen molar-refractivity contribution in [2.45, 2.75) is 45.1 Å². The molecule has 1 aliphatic rings.